The van der Waals surface area contributed by atoms with Crippen molar-refractivity contribution >= 4 is 5.91 Å². The summed E-state index contributed by atoms with van der Waals surface area (Å²) in [6, 6.07) is 3.03. The van der Waals surface area contributed by atoms with Crippen LogP contribution in [0, 0.1) is 11.6 Å². The van der Waals surface area contributed by atoms with Gasteiger partial charge in [0.2, 0.25) is 0 Å². The van der Waals surface area contributed by atoms with E-state index >= 15 is 0 Å². The summed E-state index contributed by atoms with van der Waals surface area (Å²) in [6.07, 6.45) is -0.0680. The van der Waals surface area contributed by atoms with Crippen LogP contribution in [0.5, 0.6) is 0 Å². The van der Waals surface area contributed by atoms with Crippen LogP contribution < -0.4 is 0 Å². The Morgan fingerprint density at radius 1 is 1.41 bits per heavy atom. The molecule has 1 rings (SSSR count). The quantitative estimate of drug-likeness (QED) is 0.876. The largest absolute Gasteiger partial charge is 0.393 e. The summed E-state index contributed by atoms with van der Waals surface area (Å²) < 4.78 is 25.6. The van der Waals surface area contributed by atoms with Crippen LogP contribution in [0.4, 0.5) is 8.78 Å². The molecule has 94 valence electrons. The summed E-state index contributed by atoms with van der Waals surface area (Å²) in [4.78, 5) is 13.1. The minimum absolute atomic E-state index is 0.0944. The Balaban J connectivity index is 2.71. The van der Waals surface area contributed by atoms with E-state index in [0.29, 0.717) is 13.0 Å². The van der Waals surface area contributed by atoms with Gasteiger partial charge in [0.1, 0.15) is 0 Å². The molecule has 0 bridgehead atoms. The fraction of sp³-hybridized carbons (Fsp3) is 0.417. The Kier molecular flexibility index (Phi) is 4.57. The molecule has 0 aliphatic carbocycles. The van der Waals surface area contributed by atoms with E-state index in [1.165, 1.54) is 11.0 Å². The molecule has 1 aromatic rings. The van der Waals surface area contributed by atoms with Crippen molar-refractivity contribution < 1.29 is 18.7 Å². The first kappa shape index (κ1) is 13.6. The second kappa shape index (κ2) is 5.72. The lowest BCUT2D eigenvalue weighted by molar-refractivity contribution is 0.0768. The van der Waals surface area contributed by atoms with Gasteiger partial charge in [0.25, 0.3) is 5.91 Å². The van der Waals surface area contributed by atoms with Gasteiger partial charge < -0.3 is 10.0 Å². The molecule has 0 fully saturated rings. The number of nitrogens with zero attached hydrogens (tertiary/aromatic N) is 1. The Morgan fingerprint density at radius 2 is 2.06 bits per heavy atom. The van der Waals surface area contributed by atoms with Gasteiger partial charge in [-0.1, -0.05) is 0 Å². The Labute approximate surface area is 98.7 Å². The van der Waals surface area contributed by atoms with Crippen LogP contribution in [0.1, 0.15) is 23.7 Å². The minimum Gasteiger partial charge on any atom is -0.393 e. The van der Waals surface area contributed by atoms with Gasteiger partial charge in [0.15, 0.2) is 11.6 Å². The summed E-state index contributed by atoms with van der Waals surface area (Å²) in [5.74, 6) is -2.42. The van der Waals surface area contributed by atoms with E-state index in [-0.39, 0.29) is 5.56 Å². The standard InChI is InChI=1S/C12H15F2NO2/c1-8(16)5-6-15(2)12(17)9-3-4-10(13)11(14)7-9/h3-4,7-8,16H,5-6H2,1-2H3. The van der Waals surface area contributed by atoms with Crippen molar-refractivity contribution in [3.8, 4) is 0 Å². The normalized spacial score (nSPS) is 12.3. The highest BCUT2D eigenvalue weighted by Gasteiger charge is 2.14. The topological polar surface area (TPSA) is 40.5 Å². The van der Waals surface area contributed by atoms with E-state index in [0.717, 1.165) is 12.1 Å². The summed E-state index contributed by atoms with van der Waals surface area (Å²) >= 11 is 0. The number of rotatable bonds is 4. The van der Waals surface area contributed by atoms with Gasteiger partial charge in [-0.2, -0.15) is 0 Å². The smallest absolute Gasteiger partial charge is 0.253 e. The van der Waals surface area contributed by atoms with Crippen molar-refractivity contribution in [2.45, 2.75) is 19.4 Å². The Morgan fingerprint density at radius 3 is 2.59 bits per heavy atom. The molecule has 0 radical (unpaired) electrons. The molecule has 3 nitrogen and oxygen atoms in total. The fourth-order valence-corrected chi connectivity index (χ4v) is 1.33. The molecule has 1 atom stereocenters. The molecule has 0 aliphatic rings. The molecule has 0 saturated carbocycles. The highest BCUT2D eigenvalue weighted by Crippen LogP contribution is 2.10. The number of benzene rings is 1. The first-order valence-corrected chi connectivity index (χ1v) is 5.30. The molecule has 0 aliphatic heterocycles. The Hall–Kier alpha value is -1.49. The van der Waals surface area contributed by atoms with E-state index in [1.807, 2.05) is 0 Å². The fourth-order valence-electron chi connectivity index (χ4n) is 1.33. The second-order valence-corrected chi connectivity index (χ2v) is 3.99. The molecule has 5 heteroatoms. The van der Waals surface area contributed by atoms with Gasteiger partial charge in [0, 0.05) is 19.2 Å². The monoisotopic (exact) mass is 243 g/mol. The van der Waals surface area contributed by atoms with Crippen molar-refractivity contribution in [2.75, 3.05) is 13.6 Å². The number of amides is 1. The van der Waals surface area contributed by atoms with Gasteiger partial charge >= 0.3 is 0 Å². The van der Waals surface area contributed by atoms with Gasteiger partial charge in [-0.05, 0) is 31.5 Å². The van der Waals surface area contributed by atoms with Crippen molar-refractivity contribution in [2.24, 2.45) is 0 Å². The summed E-state index contributed by atoms with van der Waals surface area (Å²) in [5, 5.41) is 9.09. The lowest BCUT2D eigenvalue weighted by atomic mass is 10.2. The lowest BCUT2D eigenvalue weighted by Gasteiger charge is -2.18. The maximum Gasteiger partial charge on any atom is 0.253 e. The molecule has 1 unspecified atom stereocenters. The minimum atomic E-state index is -1.04. The molecule has 0 spiro atoms. The van der Waals surface area contributed by atoms with Gasteiger partial charge in [-0.3, -0.25) is 4.79 Å². The van der Waals surface area contributed by atoms with Crippen molar-refractivity contribution in [1.82, 2.24) is 4.90 Å². The number of aliphatic hydroxyl groups excluding tert-OH is 1. The SMILES string of the molecule is CC(O)CCN(C)C(=O)c1ccc(F)c(F)c1. The highest BCUT2D eigenvalue weighted by molar-refractivity contribution is 5.94. The zero-order valence-corrected chi connectivity index (χ0v) is 9.78. The zero-order chi connectivity index (χ0) is 13.0. The van der Waals surface area contributed by atoms with Crippen LogP contribution in [-0.2, 0) is 0 Å². The molecule has 1 amide bonds. The number of halogens is 2. The molecule has 1 N–H and O–H groups in total. The summed E-state index contributed by atoms with van der Waals surface area (Å²) in [5.41, 5.74) is 0.0944. The predicted octanol–water partition coefficient (Wildman–Crippen LogP) is 1.81. The molecular formula is C12H15F2NO2. The second-order valence-electron chi connectivity index (χ2n) is 3.99. The third-order valence-corrected chi connectivity index (χ3v) is 2.40. The highest BCUT2D eigenvalue weighted by atomic mass is 19.2. The van der Waals surface area contributed by atoms with Crippen LogP contribution in [0.2, 0.25) is 0 Å². The van der Waals surface area contributed by atoms with Crippen molar-refractivity contribution in [1.29, 1.82) is 0 Å². The molecular weight excluding hydrogens is 228 g/mol. The van der Waals surface area contributed by atoms with Crippen molar-refractivity contribution in [3.05, 3.63) is 35.4 Å². The lowest BCUT2D eigenvalue weighted by Crippen LogP contribution is -2.29. The molecule has 0 heterocycles. The molecule has 1 aromatic carbocycles. The third kappa shape index (κ3) is 3.78. The maximum absolute atomic E-state index is 12.9. The first-order valence-electron chi connectivity index (χ1n) is 5.30. The summed E-state index contributed by atoms with van der Waals surface area (Å²) in [6.45, 7) is 1.98. The average molecular weight is 243 g/mol. The van der Waals surface area contributed by atoms with Gasteiger partial charge in [0.05, 0.1) is 6.10 Å². The molecule has 0 saturated heterocycles. The molecule has 17 heavy (non-hydrogen) atoms. The van der Waals surface area contributed by atoms with Crippen LogP contribution in [0.15, 0.2) is 18.2 Å². The van der Waals surface area contributed by atoms with Crippen LogP contribution in [-0.4, -0.2) is 35.6 Å². The number of carbonyl (C=O) groups excluding carboxylic acids is 1. The first-order chi connectivity index (χ1) is 7.91. The van der Waals surface area contributed by atoms with E-state index in [1.54, 1.807) is 14.0 Å². The van der Waals surface area contributed by atoms with Gasteiger partial charge in [-0.25, -0.2) is 8.78 Å². The van der Waals surface area contributed by atoms with Crippen molar-refractivity contribution in [3.63, 3.8) is 0 Å². The van der Waals surface area contributed by atoms with E-state index < -0.39 is 23.6 Å². The predicted molar refractivity (Wildman–Crippen MR) is 59.6 cm³/mol. The number of hydrogen-bond acceptors (Lipinski definition) is 2. The van der Waals surface area contributed by atoms with Crippen LogP contribution >= 0.6 is 0 Å². The maximum atomic E-state index is 12.9. The number of carbonyl (C=O) groups is 1. The van der Waals surface area contributed by atoms with E-state index in [2.05, 4.69) is 0 Å². The van der Waals surface area contributed by atoms with Crippen LogP contribution in [0.25, 0.3) is 0 Å². The zero-order valence-electron chi connectivity index (χ0n) is 9.78. The molecule has 0 aromatic heterocycles. The number of hydrogen-bond donors (Lipinski definition) is 1. The average Bonchev–Trinajstić information content (AvgIpc) is 2.28. The number of aliphatic hydroxyl groups is 1. The van der Waals surface area contributed by atoms with Crippen LogP contribution in [0.3, 0.4) is 0 Å². The Bertz CT molecular complexity index is 407. The van der Waals surface area contributed by atoms with E-state index in [4.69, 9.17) is 5.11 Å². The van der Waals surface area contributed by atoms with E-state index in [9.17, 15) is 13.6 Å². The summed E-state index contributed by atoms with van der Waals surface area (Å²) in [7, 11) is 1.55. The third-order valence-electron chi connectivity index (χ3n) is 2.40. The van der Waals surface area contributed by atoms with Gasteiger partial charge in [-0.15, -0.1) is 0 Å².